The van der Waals surface area contributed by atoms with Crippen LogP contribution in [0.1, 0.15) is 11.5 Å². The molecule has 2 N–H and O–H groups in total. The summed E-state index contributed by atoms with van der Waals surface area (Å²) in [6.07, 6.45) is 0.439. The quantitative estimate of drug-likeness (QED) is 0.749. The number of aromatic nitrogens is 2. The summed E-state index contributed by atoms with van der Waals surface area (Å²) >= 11 is 5.74. The molecule has 0 aliphatic heterocycles. The van der Waals surface area contributed by atoms with Gasteiger partial charge in [0, 0.05) is 11.3 Å². The van der Waals surface area contributed by atoms with Crippen LogP contribution in [0.3, 0.4) is 0 Å². The van der Waals surface area contributed by atoms with Crippen LogP contribution in [0.15, 0.2) is 47.0 Å². The molecule has 21 heavy (non-hydrogen) atoms. The van der Waals surface area contributed by atoms with Crippen LogP contribution < -0.4 is 5.73 Å². The van der Waals surface area contributed by atoms with E-state index in [1.54, 1.807) is 6.07 Å². The first-order chi connectivity index (χ1) is 10.1. The van der Waals surface area contributed by atoms with Crippen LogP contribution in [0.25, 0.3) is 11.4 Å². The van der Waals surface area contributed by atoms with E-state index in [1.807, 2.05) is 24.3 Å². The second-order valence-electron chi connectivity index (χ2n) is 4.52. The lowest BCUT2D eigenvalue weighted by Crippen LogP contribution is -1.95. The fourth-order valence-corrected chi connectivity index (χ4v) is 2.12. The summed E-state index contributed by atoms with van der Waals surface area (Å²) in [5.41, 5.74) is 8.04. The smallest absolute Gasteiger partial charge is 0.231 e. The van der Waals surface area contributed by atoms with Gasteiger partial charge in [-0.25, -0.2) is 4.39 Å². The first-order valence-electron chi connectivity index (χ1n) is 6.25. The molecule has 0 bridgehead atoms. The average molecular weight is 304 g/mol. The topological polar surface area (TPSA) is 64.9 Å². The number of anilines is 1. The molecule has 0 unspecified atom stereocenters. The lowest BCUT2D eigenvalue weighted by atomic mass is 10.1. The summed E-state index contributed by atoms with van der Waals surface area (Å²) in [7, 11) is 0. The SMILES string of the molecule is Nc1ccccc1Cc1nc(-c2ccc(F)c(Cl)c2)no1. The van der Waals surface area contributed by atoms with Crippen molar-refractivity contribution in [3.8, 4) is 11.4 Å². The molecule has 0 aliphatic carbocycles. The minimum absolute atomic E-state index is 0.0196. The first kappa shape index (κ1) is 13.6. The van der Waals surface area contributed by atoms with Gasteiger partial charge in [0.1, 0.15) is 5.82 Å². The normalized spacial score (nSPS) is 10.8. The van der Waals surface area contributed by atoms with Gasteiger partial charge in [-0.2, -0.15) is 4.98 Å². The number of nitrogen functional groups attached to an aromatic ring is 1. The van der Waals surface area contributed by atoms with Crippen molar-refractivity contribution in [3.63, 3.8) is 0 Å². The lowest BCUT2D eigenvalue weighted by Gasteiger charge is -2.00. The fourth-order valence-electron chi connectivity index (χ4n) is 1.94. The molecule has 3 rings (SSSR count). The summed E-state index contributed by atoms with van der Waals surface area (Å²) in [5, 5.41) is 3.89. The molecular formula is C15H11ClFN3O. The van der Waals surface area contributed by atoms with Gasteiger partial charge in [-0.05, 0) is 29.8 Å². The Labute approximate surface area is 125 Å². The van der Waals surface area contributed by atoms with Gasteiger partial charge in [0.05, 0.1) is 11.4 Å². The van der Waals surface area contributed by atoms with Gasteiger partial charge < -0.3 is 10.3 Å². The number of nitrogens with two attached hydrogens (primary N) is 1. The van der Waals surface area contributed by atoms with E-state index >= 15 is 0 Å². The Kier molecular flexibility index (Phi) is 3.58. The van der Waals surface area contributed by atoms with E-state index in [0.717, 1.165) is 5.56 Å². The van der Waals surface area contributed by atoms with Crippen molar-refractivity contribution in [2.24, 2.45) is 0 Å². The summed E-state index contributed by atoms with van der Waals surface area (Å²) in [5.74, 6) is 0.311. The highest BCUT2D eigenvalue weighted by Gasteiger charge is 2.12. The molecule has 0 fully saturated rings. The number of hydrogen-bond donors (Lipinski definition) is 1. The van der Waals surface area contributed by atoms with E-state index in [0.29, 0.717) is 29.4 Å². The molecule has 0 radical (unpaired) electrons. The number of hydrogen-bond acceptors (Lipinski definition) is 4. The Morgan fingerprint density at radius 1 is 1.19 bits per heavy atom. The maximum Gasteiger partial charge on any atom is 0.231 e. The van der Waals surface area contributed by atoms with Crippen LogP contribution in [0.5, 0.6) is 0 Å². The van der Waals surface area contributed by atoms with Crippen molar-refractivity contribution in [2.75, 3.05) is 5.73 Å². The molecule has 4 nitrogen and oxygen atoms in total. The van der Waals surface area contributed by atoms with Gasteiger partial charge in [0.15, 0.2) is 0 Å². The van der Waals surface area contributed by atoms with Crippen LogP contribution in [0.2, 0.25) is 5.02 Å². The Morgan fingerprint density at radius 2 is 2.00 bits per heavy atom. The minimum Gasteiger partial charge on any atom is -0.398 e. The molecule has 1 aromatic heterocycles. The zero-order valence-electron chi connectivity index (χ0n) is 10.9. The van der Waals surface area contributed by atoms with Gasteiger partial charge in [0.25, 0.3) is 0 Å². The maximum atomic E-state index is 13.1. The Balaban J connectivity index is 1.86. The van der Waals surface area contributed by atoms with Gasteiger partial charge >= 0.3 is 0 Å². The summed E-state index contributed by atoms with van der Waals surface area (Å²) < 4.78 is 18.3. The zero-order valence-corrected chi connectivity index (χ0v) is 11.6. The Morgan fingerprint density at radius 3 is 2.76 bits per heavy atom. The van der Waals surface area contributed by atoms with Crippen LogP contribution in [-0.4, -0.2) is 10.1 Å². The van der Waals surface area contributed by atoms with Crippen molar-refractivity contribution in [2.45, 2.75) is 6.42 Å². The molecule has 0 spiro atoms. The molecule has 0 aliphatic rings. The minimum atomic E-state index is -0.485. The average Bonchev–Trinajstić information content (AvgIpc) is 2.93. The molecular weight excluding hydrogens is 293 g/mol. The highest BCUT2D eigenvalue weighted by atomic mass is 35.5. The van der Waals surface area contributed by atoms with Crippen molar-refractivity contribution < 1.29 is 8.91 Å². The van der Waals surface area contributed by atoms with E-state index in [1.165, 1.54) is 12.1 Å². The Hall–Kier alpha value is -2.40. The number of rotatable bonds is 3. The largest absolute Gasteiger partial charge is 0.398 e. The second-order valence-corrected chi connectivity index (χ2v) is 4.92. The molecule has 0 saturated heterocycles. The maximum absolute atomic E-state index is 13.1. The molecule has 0 saturated carbocycles. The molecule has 1 heterocycles. The summed E-state index contributed by atoms with van der Waals surface area (Å²) in [6, 6.07) is 11.7. The standard InChI is InChI=1S/C15H11ClFN3O/c16-11-7-10(5-6-12(11)17)15-19-14(21-20-15)8-9-3-1-2-4-13(9)18/h1-7H,8,18H2. The van der Waals surface area contributed by atoms with Gasteiger partial charge in [0.2, 0.25) is 11.7 Å². The van der Waals surface area contributed by atoms with E-state index in [4.69, 9.17) is 21.9 Å². The van der Waals surface area contributed by atoms with Crippen LogP contribution in [-0.2, 0) is 6.42 Å². The molecule has 3 aromatic rings. The van der Waals surface area contributed by atoms with Crippen molar-refractivity contribution in [3.05, 3.63) is 64.8 Å². The van der Waals surface area contributed by atoms with Crippen LogP contribution >= 0.6 is 11.6 Å². The number of benzene rings is 2. The third-order valence-corrected chi connectivity index (χ3v) is 3.33. The molecule has 0 amide bonds. The van der Waals surface area contributed by atoms with E-state index < -0.39 is 5.82 Å². The zero-order chi connectivity index (χ0) is 14.8. The van der Waals surface area contributed by atoms with E-state index in [9.17, 15) is 4.39 Å². The molecule has 6 heteroatoms. The van der Waals surface area contributed by atoms with E-state index in [-0.39, 0.29) is 5.02 Å². The van der Waals surface area contributed by atoms with Gasteiger partial charge in [-0.1, -0.05) is 35.0 Å². The predicted molar refractivity (Wildman–Crippen MR) is 78.4 cm³/mol. The van der Waals surface area contributed by atoms with Crippen molar-refractivity contribution in [1.29, 1.82) is 0 Å². The number of halogens is 2. The first-order valence-corrected chi connectivity index (χ1v) is 6.62. The Bertz CT molecular complexity index is 788. The third kappa shape index (κ3) is 2.87. The number of nitrogens with zero attached hydrogens (tertiary/aromatic N) is 2. The van der Waals surface area contributed by atoms with Crippen LogP contribution in [0.4, 0.5) is 10.1 Å². The fraction of sp³-hybridized carbons (Fsp3) is 0.0667. The summed E-state index contributed by atoms with van der Waals surface area (Å²) in [6.45, 7) is 0. The van der Waals surface area contributed by atoms with Crippen molar-refractivity contribution in [1.82, 2.24) is 10.1 Å². The molecule has 0 atom stereocenters. The number of para-hydroxylation sites is 1. The van der Waals surface area contributed by atoms with Gasteiger partial charge in [-0.3, -0.25) is 0 Å². The lowest BCUT2D eigenvalue weighted by molar-refractivity contribution is 0.386. The van der Waals surface area contributed by atoms with Crippen molar-refractivity contribution >= 4 is 17.3 Å². The van der Waals surface area contributed by atoms with E-state index in [2.05, 4.69) is 10.1 Å². The molecule has 2 aromatic carbocycles. The monoisotopic (exact) mass is 303 g/mol. The highest BCUT2D eigenvalue weighted by molar-refractivity contribution is 6.31. The third-order valence-electron chi connectivity index (χ3n) is 3.04. The summed E-state index contributed by atoms with van der Waals surface area (Å²) in [4.78, 5) is 4.27. The van der Waals surface area contributed by atoms with Gasteiger partial charge in [-0.15, -0.1) is 0 Å². The second kappa shape index (κ2) is 5.54. The predicted octanol–water partition coefficient (Wildman–Crippen LogP) is 3.70. The van der Waals surface area contributed by atoms with Crippen LogP contribution in [0, 0.1) is 5.82 Å². The molecule has 106 valence electrons. The highest BCUT2D eigenvalue weighted by Crippen LogP contribution is 2.23.